The number of alkyl halides is 3. The molecule has 194 valence electrons. The van der Waals surface area contributed by atoms with Crippen LogP contribution in [0.2, 0.25) is 0 Å². The third-order valence-electron chi connectivity index (χ3n) is 5.70. The lowest BCUT2D eigenvalue weighted by atomic mass is 10.1. The molecule has 12 heteroatoms. The lowest BCUT2D eigenvalue weighted by Gasteiger charge is -2.35. The summed E-state index contributed by atoms with van der Waals surface area (Å²) in [5.74, 6) is -0.562. The first-order valence-corrected chi connectivity index (χ1v) is 12.0. The standard InChI is InChI=1S/C25H22F4N4O3S/c26-25(27,28)19-9-5-4-8-18(19)23(34)32-12-14-33(15-13-32)24(35)30-20-10-11-21(31-22(20)37-29)36-16-17-6-2-1-3-7-17/h1-11H,12-16H2,(H,30,35). The van der Waals surface area contributed by atoms with E-state index in [1.807, 2.05) is 30.3 Å². The highest BCUT2D eigenvalue weighted by atomic mass is 32.2. The fourth-order valence-electron chi connectivity index (χ4n) is 3.78. The number of anilines is 1. The molecule has 2 heterocycles. The number of aromatic nitrogens is 1. The van der Waals surface area contributed by atoms with Crippen molar-refractivity contribution in [3.05, 3.63) is 83.4 Å². The van der Waals surface area contributed by atoms with Gasteiger partial charge in [0.1, 0.15) is 18.8 Å². The number of amides is 3. The average Bonchev–Trinajstić information content (AvgIpc) is 2.92. The third-order valence-corrected chi connectivity index (χ3v) is 6.15. The van der Waals surface area contributed by atoms with Crippen molar-refractivity contribution < 1.29 is 31.4 Å². The predicted molar refractivity (Wildman–Crippen MR) is 130 cm³/mol. The molecule has 0 bridgehead atoms. The van der Waals surface area contributed by atoms with E-state index < -0.39 is 29.2 Å². The van der Waals surface area contributed by atoms with Crippen molar-refractivity contribution in [2.24, 2.45) is 0 Å². The number of hydrogen-bond acceptors (Lipinski definition) is 5. The Kier molecular flexibility index (Phi) is 8.17. The molecular formula is C25H22F4N4O3S. The molecule has 0 unspecified atom stereocenters. The molecule has 1 aliphatic heterocycles. The Hall–Kier alpha value is -3.80. The Morgan fingerprint density at radius 2 is 1.57 bits per heavy atom. The van der Waals surface area contributed by atoms with Gasteiger partial charge in [0.15, 0.2) is 5.03 Å². The first-order chi connectivity index (χ1) is 17.8. The molecule has 7 nitrogen and oxygen atoms in total. The SMILES string of the molecule is O=C(Nc1ccc(OCc2ccccc2)nc1SF)N1CCN(C(=O)c2ccccc2C(F)(F)F)CC1. The molecule has 0 radical (unpaired) electrons. The van der Waals surface area contributed by atoms with Crippen LogP contribution in [-0.4, -0.2) is 52.9 Å². The summed E-state index contributed by atoms with van der Waals surface area (Å²) in [7, 11) is 0. The van der Waals surface area contributed by atoms with E-state index in [-0.39, 0.29) is 61.5 Å². The van der Waals surface area contributed by atoms with Crippen molar-refractivity contribution in [3.63, 3.8) is 0 Å². The second-order valence-electron chi connectivity index (χ2n) is 8.11. The molecule has 0 atom stereocenters. The highest BCUT2D eigenvalue weighted by molar-refractivity contribution is 7.94. The number of carbonyl (C=O) groups excluding carboxylic acids is 2. The number of carbonyl (C=O) groups is 2. The average molecular weight is 535 g/mol. The first kappa shape index (κ1) is 26.3. The summed E-state index contributed by atoms with van der Waals surface area (Å²) in [5, 5.41) is 2.51. The van der Waals surface area contributed by atoms with Gasteiger partial charge in [-0.25, -0.2) is 9.78 Å². The summed E-state index contributed by atoms with van der Waals surface area (Å²) in [6, 6.07) is 16.4. The number of urea groups is 1. The first-order valence-electron chi connectivity index (χ1n) is 11.2. The van der Waals surface area contributed by atoms with Crippen LogP contribution >= 0.6 is 12.1 Å². The largest absolute Gasteiger partial charge is 0.473 e. The van der Waals surface area contributed by atoms with Crippen LogP contribution in [0.25, 0.3) is 0 Å². The summed E-state index contributed by atoms with van der Waals surface area (Å²) in [5.41, 5.74) is -0.379. The quantitative estimate of drug-likeness (QED) is 0.414. The number of benzene rings is 2. The van der Waals surface area contributed by atoms with Crippen LogP contribution in [-0.2, 0) is 12.8 Å². The molecule has 3 amide bonds. The fraction of sp³-hybridized carbons (Fsp3) is 0.240. The molecule has 1 aliphatic rings. The predicted octanol–water partition coefficient (Wildman–Crippen LogP) is 5.65. The monoisotopic (exact) mass is 534 g/mol. The number of nitrogens with one attached hydrogen (secondary N) is 1. The van der Waals surface area contributed by atoms with E-state index in [1.165, 1.54) is 34.1 Å². The van der Waals surface area contributed by atoms with Gasteiger partial charge in [-0.15, -0.1) is 0 Å². The van der Waals surface area contributed by atoms with Gasteiger partial charge in [-0.2, -0.15) is 17.1 Å². The number of halogens is 4. The summed E-state index contributed by atoms with van der Waals surface area (Å²) < 4.78 is 59.0. The second-order valence-corrected chi connectivity index (χ2v) is 8.65. The molecule has 0 aliphatic carbocycles. The van der Waals surface area contributed by atoms with Crippen molar-refractivity contribution in [1.82, 2.24) is 14.8 Å². The van der Waals surface area contributed by atoms with Crippen LogP contribution in [0.3, 0.4) is 0 Å². The van der Waals surface area contributed by atoms with E-state index in [1.54, 1.807) is 0 Å². The number of hydrogen-bond donors (Lipinski definition) is 1. The van der Waals surface area contributed by atoms with E-state index in [0.29, 0.717) is 0 Å². The minimum absolute atomic E-state index is 0.0493. The van der Waals surface area contributed by atoms with Gasteiger partial charge in [-0.3, -0.25) is 4.79 Å². The zero-order valence-corrected chi connectivity index (χ0v) is 20.2. The number of nitrogens with zero attached hydrogens (tertiary/aromatic N) is 3. The molecule has 1 fully saturated rings. The highest BCUT2D eigenvalue weighted by Crippen LogP contribution is 2.33. The van der Waals surface area contributed by atoms with Gasteiger partial charge in [0, 0.05) is 32.2 Å². The smallest absolute Gasteiger partial charge is 0.417 e. The van der Waals surface area contributed by atoms with E-state index in [9.17, 15) is 26.6 Å². The summed E-state index contributed by atoms with van der Waals surface area (Å²) in [6.45, 7) is 0.527. The molecule has 1 N–H and O–H groups in total. The summed E-state index contributed by atoms with van der Waals surface area (Å²) >= 11 is -0.144. The fourth-order valence-corrected chi connectivity index (χ4v) is 4.11. The van der Waals surface area contributed by atoms with Crippen molar-refractivity contribution in [2.45, 2.75) is 17.8 Å². The van der Waals surface area contributed by atoms with Gasteiger partial charge < -0.3 is 19.9 Å². The van der Waals surface area contributed by atoms with Crippen LogP contribution in [0, 0.1) is 0 Å². The van der Waals surface area contributed by atoms with Gasteiger partial charge in [0.2, 0.25) is 5.88 Å². The maximum absolute atomic E-state index is 13.5. The summed E-state index contributed by atoms with van der Waals surface area (Å²) in [4.78, 5) is 32.2. The van der Waals surface area contributed by atoms with Crippen molar-refractivity contribution in [2.75, 3.05) is 31.5 Å². The molecular weight excluding hydrogens is 512 g/mol. The van der Waals surface area contributed by atoms with Crippen molar-refractivity contribution in [3.8, 4) is 5.88 Å². The molecule has 1 saturated heterocycles. The molecule has 3 aromatic rings. The summed E-state index contributed by atoms with van der Waals surface area (Å²) in [6.07, 6.45) is -4.66. The van der Waals surface area contributed by atoms with E-state index in [0.717, 1.165) is 17.7 Å². The molecule has 2 aromatic carbocycles. The van der Waals surface area contributed by atoms with E-state index in [4.69, 9.17) is 4.74 Å². The minimum atomic E-state index is -4.66. The van der Waals surface area contributed by atoms with Crippen LogP contribution in [0.5, 0.6) is 5.88 Å². The highest BCUT2D eigenvalue weighted by Gasteiger charge is 2.36. The topological polar surface area (TPSA) is 74.8 Å². The maximum atomic E-state index is 13.5. The Labute approximate surface area is 214 Å². The lowest BCUT2D eigenvalue weighted by molar-refractivity contribution is -0.138. The number of piperazine rings is 1. The van der Waals surface area contributed by atoms with Crippen molar-refractivity contribution >= 4 is 29.8 Å². The van der Waals surface area contributed by atoms with E-state index >= 15 is 0 Å². The zero-order valence-electron chi connectivity index (χ0n) is 19.4. The number of rotatable bonds is 6. The third kappa shape index (κ3) is 6.50. The molecule has 37 heavy (non-hydrogen) atoms. The molecule has 0 spiro atoms. The van der Waals surface area contributed by atoms with Gasteiger partial charge in [-0.05, 0) is 23.8 Å². The Bertz CT molecular complexity index is 1250. The van der Waals surface area contributed by atoms with E-state index in [2.05, 4.69) is 10.3 Å². The number of pyridine rings is 1. The van der Waals surface area contributed by atoms with Gasteiger partial charge >= 0.3 is 12.2 Å². The Balaban J connectivity index is 1.34. The van der Waals surface area contributed by atoms with Crippen LogP contribution in [0.15, 0.2) is 71.8 Å². The maximum Gasteiger partial charge on any atom is 0.417 e. The number of ether oxygens (including phenoxy) is 1. The van der Waals surface area contributed by atoms with Gasteiger partial charge in [0.05, 0.1) is 16.8 Å². The normalized spacial score (nSPS) is 13.8. The zero-order chi connectivity index (χ0) is 26.4. The molecule has 0 saturated carbocycles. The Morgan fingerprint density at radius 3 is 2.24 bits per heavy atom. The van der Waals surface area contributed by atoms with Crippen molar-refractivity contribution in [1.29, 1.82) is 0 Å². The van der Waals surface area contributed by atoms with Crippen LogP contribution < -0.4 is 10.1 Å². The molecule has 4 rings (SSSR count). The Morgan fingerprint density at radius 1 is 0.919 bits per heavy atom. The molecule has 1 aromatic heterocycles. The van der Waals surface area contributed by atoms with Gasteiger partial charge in [0.25, 0.3) is 5.91 Å². The second kappa shape index (κ2) is 11.5. The minimum Gasteiger partial charge on any atom is -0.473 e. The van der Waals surface area contributed by atoms with Crippen LogP contribution in [0.4, 0.5) is 27.5 Å². The lowest BCUT2D eigenvalue weighted by Crippen LogP contribution is -2.51. The van der Waals surface area contributed by atoms with Gasteiger partial charge in [-0.1, -0.05) is 42.5 Å². The van der Waals surface area contributed by atoms with Crippen LogP contribution in [0.1, 0.15) is 21.5 Å².